The summed E-state index contributed by atoms with van der Waals surface area (Å²) in [6.07, 6.45) is 4.62. The number of hydrogen-bond donors (Lipinski definition) is 0. The van der Waals surface area contributed by atoms with E-state index < -0.39 is 0 Å². The highest BCUT2D eigenvalue weighted by Crippen LogP contribution is 2.36. The molecule has 0 saturated carbocycles. The second kappa shape index (κ2) is 7.81. The van der Waals surface area contributed by atoms with Gasteiger partial charge in [-0.3, -0.25) is 9.69 Å². The maximum atomic E-state index is 12.7. The molecule has 1 unspecified atom stereocenters. The average molecular weight is 367 g/mol. The number of nitrogens with zero attached hydrogens (tertiary/aromatic N) is 2. The van der Waals surface area contributed by atoms with Crippen LogP contribution in [0.1, 0.15) is 44.6 Å². The van der Waals surface area contributed by atoms with Crippen LogP contribution >= 0.6 is 22.9 Å². The van der Waals surface area contributed by atoms with Crippen LogP contribution in [0, 0.1) is 6.92 Å². The largest absolute Gasteiger partial charge is 0.376 e. The maximum Gasteiger partial charge on any atom is 0.228 e. The minimum atomic E-state index is 0.110. The van der Waals surface area contributed by atoms with Crippen LogP contribution in [0.2, 0.25) is 5.02 Å². The van der Waals surface area contributed by atoms with Crippen molar-refractivity contribution >= 4 is 44.2 Å². The Morgan fingerprint density at radius 3 is 3.00 bits per heavy atom. The second-order valence-corrected chi connectivity index (χ2v) is 7.67. The predicted octanol–water partition coefficient (Wildman–Crippen LogP) is 4.96. The first-order valence-corrected chi connectivity index (χ1v) is 9.77. The molecular formula is C18H23ClN2O2S. The SMILES string of the molecule is CCCCC(=O)N(CC1CCCO1)c1nc2c(C)ccc(Cl)c2s1. The zero-order valence-electron chi connectivity index (χ0n) is 14.2. The Morgan fingerprint density at radius 1 is 1.50 bits per heavy atom. The number of hydrogen-bond acceptors (Lipinski definition) is 4. The van der Waals surface area contributed by atoms with E-state index in [2.05, 4.69) is 6.92 Å². The highest BCUT2D eigenvalue weighted by Gasteiger charge is 2.26. The fourth-order valence-corrected chi connectivity index (χ4v) is 4.29. The van der Waals surface area contributed by atoms with Crippen molar-refractivity contribution in [2.75, 3.05) is 18.1 Å². The number of rotatable bonds is 6. The van der Waals surface area contributed by atoms with E-state index in [0.717, 1.165) is 53.2 Å². The van der Waals surface area contributed by atoms with E-state index in [1.54, 1.807) is 0 Å². The van der Waals surface area contributed by atoms with Crippen LogP contribution in [0.5, 0.6) is 0 Å². The number of halogens is 1. The Kier molecular flexibility index (Phi) is 5.74. The Morgan fingerprint density at radius 2 is 2.33 bits per heavy atom. The number of aromatic nitrogens is 1. The third-order valence-corrected chi connectivity index (χ3v) is 5.91. The third kappa shape index (κ3) is 3.73. The van der Waals surface area contributed by atoms with Crippen molar-refractivity contribution in [3.05, 3.63) is 22.7 Å². The van der Waals surface area contributed by atoms with Gasteiger partial charge in [0, 0.05) is 13.0 Å². The molecule has 0 radical (unpaired) electrons. The van der Waals surface area contributed by atoms with Gasteiger partial charge < -0.3 is 4.74 Å². The Hall–Kier alpha value is -1.17. The topological polar surface area (TPSA) is 42.4 Å². The first-order chi connectivity index (χ1) is 11.6. The van der Waals surface area contributed by atoms with Gasteiger partial charge in [0.25, 0.3) is 0 Å². The second-order valence-electron chi connectivity index (χ2n) is 6.28. The van der Waals surface area contributed by atoms with Crippen molar-refractivity contribution < 1.29 is 9.53 Å². The zero-order chi connectivity index (χ0) is 17.1. The Labute approximate surface area is 151 Å². The molecule has 1 atom stereocenters. The van der Waals surface area contributed by atoms with Crippen molar-refractivity contribution in [2.24, 2.45) is 0 Å². The number of amides is 1. The fraction of sp³-hybridized carbons (Fsp3) is 0.556. The molecule has 1 amide bonds. The lowest BCUT2D eigenvalue weighted by Crippen LogP contribution is -2.37. The van der Waals surface area contributed by atoms with Crippen molar-refractivity contribution in [1.82, 2.24) is 4.98 Å². The van der Waals surface area contributed by atoms with Crippen LogP contribution in [0.25, 0.3) is 10.2 Å². The molecule has 24 heavy (non-hydrogen) atoms. The number of aryl methyl sites for hydroxylation is 1. The number of fused-ring (bicyclic) bond motifs is 1. The normalized spacial score (nSPS) is 17.5. The van der Waals surface area contributed by atoms with E-state index in [1.807, 2.05) is 24.0 Å². The number of carbonyl (C=O) groups excluding carboxylic acids is 1. The summed E-state index contributed by atoms with van der Waals surface area (Å²) in [6, 6.07) is 3.86. The molecule has 130 valence electrons. The number of carbonyl (C=O) groups is 1. The van der Waals surface area contributed by atoms with Gasteiger partial charge >= 0.3 is 0 Å². The first kappa shape index (κ1) is 17.6. The van der Waals surface area contributed by atoms with E-state index in [0.29, 0.717) is 18.0 Å². The highest BCUT2D eigenvalue weighted by molar-refractivity contribution is 7.23. The number of thiazole rings is 1. The summed E-state index contributed by atoms with van der Waals surface area (Å²) >= 11 is 7.82. The summed E-state index contributed by atoms with van der Waals surface area (Å²) in [6.45, 7) is 5.48. The molecule has 1 aliphatic rings. The minimum Gasteiger partial charge on any atom is -0.376 e. The molecule has 0 aliphatic carbocycles. The van der Waals surface area contributed by atoms with Crippen molar-refractivity contribution in [3.8, 4) is 0 Å². The predicted molar refractivity (Wildman–Crippen MR) is 100 cm³/mol. The number of ether oxygens (including phenoxy) is 1. The van der Waals surface area contributed by atoms with Crippen molar-refractivity contribution in [2.45, 2.75) is 52.1 Å². The number of benzene rings is 1. The van der Waals surface area contributed by atoms with Gasteiger partial charge in [0.15, 0.2) is 5.13 Å². The third-order valence-electron chi connectivity index (χ3n) is 4.37. The average Bonchev–Trinajstić information content (AvgIpc) is 3.23. The van der Waals surface area contributed by atoms with Gasteiger partial charge in [-0.1, -0.05) is 42.3 Å². The lowest BCUT2D eigenvalue weighted by molar-refractivity contribution is -0.119. The van der Waals surface area contributed by atoms with Crippen molar-refractivity contribution in [1.29, 1.82) is 0 Å². The summed E-state index contributed by atoms with van der Waals surface area (Å²) in [5.41, 5.74) is 1.97. The molecule has 0 spiro atoms. The molecule has 0 N–H and O–H groups in total. The summed E-state index contributed by atoms with van der Waals surface area (Å²) in [7, 11) is 0. The Bertz CT molecular complexity index is 686. The fourth-order valence-electron chi connectivity index (χ4n) is 2.95. The van der Waals surface area contributed by atoms with E-state index in [-0.39, 0.29) is 12.0 Å². The van der Waals surface area contributed by atoms with E-state index >= 15 is 0 Å². The van der Waals surface area contributed by atoms with Crippen LogP contribution < -0.4 is 4.90 Å². The molecule has 4 nitrogen and oxygen atoms in total. The van der Waals surface area contributed by atoms with Crippen molar-refractivity contribution in [3.63, 3.8) is 0 Å². The molecule has 1 aliphatic heterocycles. The molecule has 3 rings (SSSR count). The molecule has 0 bridgehead atoms. The standard InChI is InChI=1S/C18H23ClN2O2S/c1-3-4-7-15(22)21(11-13-6-5-10-23-13)18-20-16-12(2)8-9-14(19)17(16)24-18/h8-9,13H,3-7,10-11H2,1-2H3. The molecule has 1 saturated heterocycles. The van der Waals surface area contributed by atoms with Gasteiger partial charge in [-0.2, -0.15) is 0 Å². The molecule has 6 heteroatoms. The molecule has 1 fully saturated rings. The lowest BCUT2D eigenvalue weighted by atomic mass is 10.2. The summed E-state index contributed by atoms with van der Waals surface area (Å²) in [4.78, 5) is 19.3. The van der Waals surface area contributed by atoms with Gasteiger partial charge in [0.1, 0.15) is 0 Å². The number of anilines is 1. The lowest BCUT2D eigenvalue weighted by Gasteiger charge is -2.23. The van der Waals surface area contributed by atoms with E-state index in [4.69, 9.17) is 21.3 Å². The Balaban J connectivity index is 1.92. The van der Waals surface area contributed by atoms with Gasteiger partial charge in [0.2, 0.25) is 5.91 Å². The van der Waals surface area contributed by atoms with Gasteiger partial charge in [-0.15, -0.1) is 0 Å². The highest BCUT2D eigenvalue weighted by atomic mass is 35.5. The molecule has 2 aromatic rings. The maximum absolute atomic E-state index is 12.7. The summed E-state index contributed by atoms with van der Waals surface area (Å²) < 4.78 is 6.69. The number of unbranched alkanes of at least 4 members (excludes halogenated alkanes) is 1. The van der Waals surface area contributed by atoms with Crippen LogP contribution in [-0.2, 0) is 9.53 Å². The molecule has 1 aromatic carbocycles. The van der Waals surface area contributed by atoms with E-state index in [1.165, 1.54) is 11.3 Å². The van der Waals surface area contributed by atoms with Gasteiger partial charge in [0.05, 0.1) is 27.9 Å². The quantitative estimate of drug-likeness (QED) is 0.725. The van der Waals surface area contributed by atoms with Crippen LogP contribution in [-0.4, -0.2) is 30.1 Å². The van der Waals surface area contributed by atoms with Gasteiger partial charge in [-0.05, 0) is 37.8 Å². The van der Waals surface area contributed by atoms with Crippen LogP contribution in [0.15, 0.2) is 12.1 Å². The summed E-state index contributed by atoms with van der Waals surface area (Å²) in [5, 5.41) is 1.43. The first-order valence-electron chi connectivity index (χ1n) is 8.57. The molecule has 2 heterocycles. The molecule has 1 aromatic heterocycles. The zero-order valence-corrected chi connectivity index (χ0v) is 15.8. The van der Waals surface area contributed by atoms with Crippen LogP contribution in [0.3, 0.4) is 0 Å². The van der Waals surface area contributed by atoms with Crippen LogP contribution in [0.4, 0.5) is 5.13 Å². The molecular weight excluding hydrogens is 344 g/mol. The monoisotopic (exact) mass is 366 g/mol. The smallest absolute Gasteiger partial charge is 0.228 e. The van der Waals surface area contributed by atoms with Gasteiger partial charge in [-0.25, -0.2) is 4.98 Å². The minimum absolute atomic E-state index is 0.110. The van der Waals surface area contributed by atoms with E-state index in [9.17, 15) is 4.79 Å². The summed E-state index contributed by atoms with van der Waals surface area (Å²) in [5.74, 6) is 0.125.